The van der Waals surface area contributed by atoms with Crippen LogP contribution in [0, 0.1) is 5.92 Å². The highest BCUT2D eigenvalue weighted by Crippen LogP contribution is 2.33. The van der Waals surface area contributed by atoms with E-state index in [0.29, 0.717) is 24.3 Å². The molecule has 25 heavy (non-hydrogen) atoms. The minimum atomic E-state index is 0.328. The Hall–Kier alpha value is -2.46. The van der Waals surface area contributed by atoms with E-state index in [9.17, 15) is 0 Å². The third-order valence-corrected chi connectivity index (χ3v) is 4.86. The van der Waals surface area contributed by atoms with Crippen molar-refractivity contribution in [1.82, 2.24) is 15.0 Å². The Balaban J connectivity index is 1.52. The number of nitrogens with zero attached hydrogens (tertiary/aromatic N) is 3. The minimum Gasteiger partial charge on any atom is -0.338 e. The zero-order chi connectivity index (χ0) is 17.1. The molecule has 4 heteroatoms. The summed E-state index contributed by atoms with van der Waals surface area (Å²) in [5.41, 5.74) is 2.31. The van der Waals surface area contributed by atoms with Gasteiger partial charge in [-0.3, -0.25) is 4.90 Å². The van der Waals surface area contributed by atoms with E-state index in [2.05, 4.69) is 52.3 Å². The first kappa shape index (κ1) is 16.0. The molecule has 3 aromatic rings. The van der Waals surface area contributed by atoms with Gasteiger partial charge in [0.1, 0.15) is 0 Å². The fourth-order valence-corrected chi connectivity index (χ4v) is 3.13. The van der Waals surface area contributed by atoms with E-state index in [1.807, 2.05) is 30.3 Å². The molecule has 1 aliphatic carbocycles. The van der Waals surface area contributed by atoms with Crippen LogP contribution in [0.1, 0.15) is 37.3 Å². The zero-order valence-corrected chi connectivity index (χ0v) is 14.5. The molecule has 1 fully saturated rings. The van der Waals surface area contributed by atoms with Crippen molar-refractivity contribution in [2.45, 2.75) is 32.4 Å². The van der Waals surface area contributed by atoms with Gasteiger partial charge in [-0.25, -0.2) is 0 Å². The summed E-state index contributed by atoms with van der Waals surface area (Å²) >= 11 is 0. The average molecular weight is 333 g/mol. The Morgan fingerprint density at radius 3 is 2.40 bits per heavy atom. The quantitative estimate of drug-likeness (QED) is 0.628. The van der Waals surface area contributed by atoms with Gasteiger partial charge in [-0.1, -0.05) is 65.8 Å². The average Bonchev–Trinajstić information content (AvgIpc) is 3.37. The Bertz CT molecular complexity index is 796. The summed E-state index contributed by atoms with van der Waals surface area (Å²) in [5.74, 6) is 2.15. The van der Waals surface area contributed by atoms with E-state index < -0.39 is 0 Å². The molecule has 1 atom stereocenters. The van der Waals surface area contributed by atoms with E-state index >= 15 is 0 Å². The highest BCUT2D eigenvalue weighted by Gasteiger charge is 2.28. The van der Waals surface area contributed by atoms with Gasteiger partial charge in [0.15, 0.2) is 0 Å². The smallest absolute Gasteiger partial charge is 0.241 e. The molecule has 128 valence electrons. The van der Waals surface area contributed by atoms with Crippen LogP contribution in [0.25, 0.3) is 11.4 Å². The van der Waals surface area contributed by atoms with Crippen LogP contribution in [0.2, 0.25) is 0 Å². The summed E-state index contributed by atoms with van der Waals surface area (Å²) < 4.78 is 5.53. The summed E-state index contributed by atoms with van der Waals surface area (Å²) in [6, 6.07) is 20.9. The van der Waals surface area contributed by atoms with Crippen LogP contribution in [0.4, 0.5) is 0 Å². The van der Waals surface area contributed by atoms with Crippen LogP contribution in [-0.4, -0.2) is 21.6 Å². The molecule has 0 bridgehead atoms. The van der Waals surface area contributed by atoms with Crippen molar-refractivity contribution < 1.29 is 4.52 Å². The summed E-state index contributed by atoms with van der Waals surface area (Å²) in [4.78, 5) is 7.06. The SMILES string of the molecule is CC(c1ccccc1)N(Cc1nc(-c2ccccc2)no1)CC1CC1. The summed E-state index contributed by atoms with van der Waals surface area (Å²) in [5, 5.41) is 4.15. The maximum atomic E-state index is 5.53. The van der Waals surface area contributed by atoms with Gasteiger partial charge in [-0.05, 0) is 31.2 Å². The third-order valence-electron chi connectivity index (χ3n) is 4.86. The van der Waals surface area contributed by atoms with Crippen LogP contribution < -0.4 is 0 Å². The van der Waals surface area contributed by atoms with Crippen molar-refractivity contribution in [2.24, 2.45) is 5.92 Å². The Morgan fingerprint density at radius 2 is 1.72 bits per heavy atom. The second-order valence-corrected chi connectivity index (χ2v) is 6.84. The normalized spacial score (nSPS) is 15.4. The number of hydrogen-bond donors (Lipinski definition) is 0. The van der Waals surface area contributed by atoms with Crippen molar-refractivity contribution in [3.05, 3.63) is 72.1 Å². The van der Waals surface area contributed by atoms with Crippen LogP contribution in [-0.2, 0) is 6.54 Å². The fourth-order valence-electron chi connectivity index (χ4n) is 3.13. The van der Waals surface area contributed by atoms with Gasteiger partial charge in [-0.2, -0.15) is 4.98 Å². The Kier molecular flexibility index (Phi) is 4.61. The summed E-state index contributed by atoms with van der Waals surface area (Å²) in [6.45, 7) is 4.03. The molecule has 1 unspecified atom stereocenters. The van der Waals surface area contributed by atoms with Crippen LogP contribution in [0.3, 0.4) is 0 Å². The maximum absolute atomic E-state index is 5.53. The van der Waals surface area contributed by atoms with Gasteiger partial charge >= 0.3 is 0 Å². The van der Waals surface area contributed by atoms with E-state index in [-0.39, 0.29) is 0 Å². The summed E-state index contributed by atoms with van der Waals surface area (Å²) in [7, 11) is 0. The number of rotatable bonds is 7. The highest BCUT2D eigenvalue weighted by atomic mass is 16.5. The van der Waals surface area contributed by atoms with E-state index in [0.717, 1.165) is 18.0 Å². The topological polar surface area (TPSA) is 42.2 Å². The highest BCUT2D eigenvalue weighted by molar-refractivity contribution is 5.53. The maximum Gasteiger partial charge on any atom is 0.241 e. The molecular weight excluding hydrogens is 310 g/mol. The summed E-state index contributed by atoms with van der Waals surface area (Å²) in [6.07, 6.45) is 2.66. The molecule has 1 aliphatic rings. The van der Waals surface area contributed by atoms with Crippen molar-refractivity contribution in [2.75, 3.05) is 6.54 Å². The van der Waals surface area contributed by atoms with Gasteiger partial charge in [0.2, 0.25) is 11.7 Å². The van der Waals surface area contributed by atoms with Gasteiger partial charge in [-0.15, -0.1) is 0 Å². The molecule has 1 saturated carbocycles. The minimum absolute atomic E-state index is 0.328. The van der Waals surface area contributed by atoms with E-state index in [1.54, 1.807) is 0 Å². The van der Waals surface area contributed by atoms with Crippen molar-refractivity contribution in [3.63, 3.8) is 0 Å². The van der Waals surface area contributed by atoms with Gasteiger partial charge < -0.3 is 4.52 Å². The molecule has 1 aromatic heterocycles. The zero-order valence-electron chi connectivity index (χ0n) is 14.5. The predicted molar refractivity (Wildman–Crippen MR) is 97.7 cm³/mol. The van der Waals surface area contributed by atoms with Crippen LogP contribution >= 0.6 is 0 Å². The monoisotopic (exact) mass is 333 g/mol. The number of hydrogen-bond acceptors (Lipinski definition) is 4. The second-order valence-electron chi connectivity index (χ2n) is 6.84. The molecule has 0 amide bonds. The molecule has 2 aromatic carbocycles. The van der Waals surface area contributed by atoms with Gasteiger partial charge in [0.05, 0.1) is 6.54 Å². The molecular formula is C21H23N3O. The van der Waals surface area contributed by atoms with Crippen molar-refractivity contribution in [3.8, 4) is 11.4 Å². The standard InChI is InChI=1S/C21H23N3O/c1-16(18-8-4-2-5-9-18)24(14-17-12-13-17)15-20-22-21(23-25-20)19-10-6-3-7-11-19/h2-11,16-17H,12-15H2,1H3. The largest absolute Gasteiger partial charge is 0.338 e. The fraction of sp³-hybridized carbons (Fsp3) is 0.333. The lowest BCUT2D eigenvalue weighted by Gasteiger charge is -2.28. The molecule has 0 saturated heterocycles. The lowest BCUT2D eigenvalue weighted by molar-refractivity contribution is 0.168. The molecule has 0 aliphatic heterocycles. The number of aromatic nitrogens is 2. The lowest BCUT2D eigenvalue weighted by Crippen LogP contribution is -2.29. The Labute approximate surface area is 148 Å². The first-order chi connectivity index (χ1) is 12.3. The van der Waals surface area contributed by atoms with E-state index in [4.69, 9.17) is 4.52 Å². The van der Waals surface area contributed by atoms with Crippen LogP contribution in [0.15, 0.2) is 65.2 Å². The first-order valence-corrected chi connectivity index (χ1v) is 8.96. The molecule has 0 radical (unpaired) electrons. The molecule has 0 N–H and O–H groups in total. The van der Waals surface area contributed by atoms with E-state index in [1.165, 1.54) is 18.4 Å². The molecule has 4 rings (SSSR count). The van der Waals surface area contributed by atoms with Gasteiger partial charge in [0, 0.05) is 18.2 Å². The van der Waals surface area contributed by atoms with Gasteiger partial charge in [0.25, 0.3) is 0 Å². The second kappa shape index (κ2) is 7.19. The van der Waals surface area contributed by atoms with Crippen LogP contribution in [0.5, 0.6) is 0 Å². The Morgan fingerprint density at radius 1 is 1.04 bits per heavy atom. The number of benzene rings is 2. The van der Waals surface area contributed by atoms with Crippen molar-refractivity contribution in [1.29, 1.82) is 0 Å². The predicted octanol–water partition coefficient (Wildman–Crippen LogP) is 4.71. The first-order valence-electron chi connectivity index (χ1n) is 8.96. The third kappa shape index (κ3) is 3.97. The van der Waals surface area contributed by atoms with Crippen molar-refractivity contribution >= 4 is 0 Å². The lowest BCUT2D eigenvalue weighted by atomic mass is 10.1. The molecule has 1 heterocycles. The molecule has 4 nitrogen and oxygen atoms in total. The molecule has 0 spiro atoms.